The summed E-state index contributed by atoms with van der Waals surface area (Å²) in [4.78, 5) is 10.6. The van der Waals surface area contributed by atoms with Crippen LogP contribution in [0.5, 0.6) is 0 Å². The van der Waals surface area contributed by atoms with Gasteiger partial charge >= 0.3 is 5.97 Å². The van der Waals surface area contributed by atoms with Crippen molar-refractivity contribution in [3.63, 3.8) is 0 Å². The largest absolute Gasteiger partial charge is 0.466 e. The zero-order valence-electron chi connectivity index (χ0n) is 8.57. The first-order valence-electron chi connectivity index (χ1n) is 5.05. The van der Waals surface area contributed by atoms with Crippen molar-refractivity contribution < 1.29 is 9.53 Å². The Labute approximate surface area is 94.2 Å². The topological polar surface area (TPSA) is 26.3 Å². The number of hydrogen-bond donors (Lipinski definition) is 0. The molecule has 2 atom stereocenters. The zero-order chi connectivity index (χ0) is 10.8. The monoisotopic (exact) mass is 224 g/mol. The molecular formula is C12H13ClO2. The molecule has 0 spiro atoms. The Balaban J connectivity index is 1.88. The van der Waals surface area contributed by atoms with Crippen molar-refractivity contribution in [1.29, 1.82) is 0 Å². The molecule has 15 heavy (non-hydrogen) atoms. The third kappa shape index (κ3) is 2.72. The molecule has 1 fully saturated rings. The van der Waals surface area contributed by atoms with Gasteiger partial charge in [-0.2, -0.15) is 0 Å². The van der Waals surface area contributed by atoms with Crippen LogP contribution in [0, 0.1) is 5.92 Å². The minimum Gasteiger partial charge on any atom is -0.466 e. The van der Waals surface area contributed by atoms with Gasteiger partial charge in [-0.3, -0.25) is 4.79 Å². The summed E-state index contributed by atoms with van der Waals surface area (Å²) in [5.74, 6) is 0.841. The fourth-order valence-corrected chi connectivity index (χ4v) is 1.90. The first-order valence-corrected chi connectivity index (χ1v) is 5.43. The lowest BCUT2D eigenvalue weighted by Crippen LogP contribution is -2.02. The molecule has 0 aromatic heterocycles. The molecule has 3 heteroatoms. The van der Waals surface area contributed by atoms with E-state index in [-0.39, 0.29) is 5.97 Å². The number of halogens is 1. The minimum absolute atomic E-state index is 0.197. The number of hydrogen-bond acceptors (Lipinski definition) is 2. The fourth-order valence-electron chi connectivity index (χ4n) is 1.77. The zero-order valence-corrected chi connectivity index (χ0v) is 9.33. The summed E-state index contributed by atoms with van der Waals surface area (Å²) < 4.78 is 4.98. The van der Waals surface area contributed by atoms with E-state index in [0.29, 0.717) is 18.4 Å². The number of esters is 1. The van der Waals surface area contributed by atoms with Gasteiger partial charge in [0.1, 0.15) is 0 Å². The highest BCUT2D eigenvalue weighted by Gasteiger charge is 2.38. The average molecular weight is 225 g/mol. The molecule has 2 nitrogen and oxygen atoms in total. The lowest BCUT2D eigenvalue weighted by molar-refractivity contribution is -0.141. The Morgan fingerprint density at radius 1 is 1.47 bits per heavy atom. The van der Waals surface area contributed by atoms with Gasteiger partial charge in [-0.1, -0.05) is 23.7 Å². The van der Waals surface area contributed by atoms with Crippen molar-refractivity contribution >= 4 is 17.6 Å². The Morgan fingerprint density at radius 3 is 2.73 bits per heavy atom. The van der Waals surface area contributed by atoms with Crippen LogP contribution in [0.1, 0.15) is 24.8 Å². The van der Waals surface area contributed by atoms with Crippen LogP contribution in [0.15, 0.2) is 24.3 Å². The molecule has 0 heterocycles. The van der Waals surface area contributed by atoms with Gasteiger partial charge in [-0.05, 0) is 30.0 Å². The van der Waals surface area contributed by atoms with Crippen molar-refractivity contribution in [2.45, 2.75) is 19.3 Å². The average Bonchev–Trinajstić information content (AvgIpc) is 2.95. The number of carbonyl (C=O) groups excluding carboxylic acids is 1. The highest BCUT2D eigenvalue weighted by atomic mass is 35.5. The smallest absolute Gasteiger partial charge is 0.302 e. The molecule has 0 aliphatic heterocycles. The molecule has 2 rings (SSSR count). The van der Waals surface area contributed by atoms with Crippen molar-refractivity contribution in [2.24, 2.45) is 5.92 Å². The Bertz CT molecular complexity index is 358. The van der Waals surface area contributed by atoms with E-state index in [1.165, 1.54) is 12.5 Å². The lowest BCUT2D eigenvalue weighted by atomic mass is 10.1. The maximum Gasteiger partial charge on any atom is 0.302 e. The van der Waals surface area contributed by atoms with Crippen molar-refractivity contribution in [3.05, 3.63) is 34.9 Å². The molecule has 0 amide bonds. The van der Waals surface area contributed by atoms with Crippen LogP contribution in [-0.2, 0) is 9.53 Å². The summed E-state index contributed by atoms with van der Waals surface area (Å²) in [6.07, 6.45) is 1.11. The number of carbonyl (C=O) groups is 1. The second-order valence-electron chi connectivity index (χ2n) is 3.96. The van der Waals surface area contributed by atoms with E-state index in [1.807, 2.05) is 24.3 Å². The Kier molecular flexibility index (Phi) is 2.96. The molecule has 80 valence electrons. The standard InChI is InChI=1S/C12H13ClO2/c1-8(14)15-7-10-6-12(10)9-2-4-11(13)5-3-9/h2-5,10,12H,6-7H2,1H3/t10-,12+/m0/s1. The van der Waals surface area contributed by atoms with E-state index in [4.69, 9.17) is 16.3 Å². The molecular weight excluding hydrogens is 212 g/mol. The molecule has 1 saturated carbocycles. The lowest BCUT2D eigenvalue weighted by Gasteiger charge is -2.01. The third-order valence-electron chi connectivity index (χ3n) is 2.72. The van der Waals surface area contributed by atoms with Gasteiger partial charge in [0.2, 0.25) is 0 Å². The highest BCUT2D eigenvalue weighted by molar-refractivity contribution is 6.30. The Morgan fingerprint density at radius 2 is 2.13 bits per heavy atom. The first kappa shape index (κ1) is 10.5. The van der Waals surface area contributed by atoms with Gasteiger partial charge < -0.3 is 4.74 Å². The normalized spacial score (nSPS) is 23.6. The molecule has 0 radical (unpaired) electrons. The van der Waals surface area contributed by atoms with Gasteiger partial charge in [0.15, 0.2) is 0 Å². The highest BCUT2D eigenvalue weighted by Crippen LogP contribution is 2.47. The Hall–Kier alpha value is -1.02. The fraction of sp³-hybridized carbons (Fsp3) is 0.417. The number of benzene rings is 1. The van der Waals surface area contributed by atoms with Crippen molar-refractivity contribution in [2.75, 3.05) is 6.61 Å². The summed E-state index contributed by atoms with van der Waals surface area (Å²) in [5.41, 5.74) is 1.29. The SMILES string of the molecule is CC(=O)OC[C@@H]1C[C@@H]1c1ccc(Cl)cc1. The number of rotatable bonds is 3. The van der Waals surface area contributed by atoms with Crippen LogP contribution >= 0.6 is 11.6 Å². The van der Waals surface area contributed by atoms with Gasteiger partial charge in [0, 0.05) is 17.9 Å². The molecule has 1 aliphatic carbocycles. The van der Waals surface area contributed by atoms with E-state index in [0.717, 1.165) is 11.4 Å². The van der Waals surface area contributed by atoms with Gasteiger partial charge in [0.25, 0.3) is 0 Å². The van der Waals surface area contributed by atoms with Crippen LogP contribution in [0.25, 0.3) is 0 Å². The van der Waals surface area contributed by atoms with E-state index in [2.05, 4.69) is 0 Å². The maximum absolute atomic E-state index is 10.6. The molecule has 1 aromatic carbocycles. The molecule has 0 saturated heterocycles. The second-order valence-corrected chi connectivity index (χ2v) is 4.39. The van der Waals surface area contributed by atoms with Crippen LogP contribution < -0.4 is 0 Å². The van der Waals surface area contributed by atoms with E-state index in [9.17, 15) is 4.79 Å². The van der Waals surface area contributed by atoms with Crippen LogP contribution in [0.3, 0.4) is 0 Å². The summed E-state index contributed by atoms with van der Waals surface area (Å²) in [6.45, 7) is 1.99. The maximum atomic E-state index is 10.6. The van der Waals surface area contributed by atoms with Crippen molar-refractivity contribution in [3.8, 4) is 0 Å². The molecule has 1 aromatic rings. The minimum atomic E-state index is -0.197. The third-order valence-corrected chi connectivity index (χ3v) is 2.97. The predicted molar refractivity (Wildman–Crippen MR) is 58.9 cm³/mol. The van der Waals surface area contributed by atoms with Gasteiger partial charge in [0.05, 0.1) is 6.61 Å². The predicted octanol–water partition coefficient (Wildman–Crippen LogP) is 3.01. The molecule has 0 N–H and O–H groups in total. The van der Waals surface area contributed by atoms with Gasteiger partial charge in [-0.25, -0.2) is 0 Å². The van der Waals surface area contributed by atoms with Crippen LogP contribution in [-0.4, -0.2) is 12.6 Å². The quantitative estimate of drug-likeness (QED) is 0.738. The molecule has 0 unspecified atom stereocenters. The summed E-state index contributed by atoms with van der Waals surface area (Å²) in [7, 11) is 0. The summed E-state index contributed by atoms with van der Waals surface area (Å²) in [5, 5.41) is 0.760. The summed E-state index contributed by atoms with van der Waals surface area (Å²) in [6, 6.07) is 7.89. The van der Waals surface area contributed by atoms with Crippen LogP contribution in [0.2, 0.25) is 5.02 Å². The second kappa shape index (κ2) is 4.23. The molecule has 0 bridgehead atoms. The number of ether oxygens (including phenoxy) is 1. The first-order chi connectivity index (χ1) is 7.16. The van der Waals surface area contributed by atoms with Crippen molar-refractivity contribution in [1.82, 2.24) is 0 Å². The van der Waals surface area contributed by atoms with Gasteiger partial charge in [-0.15, -0.1) is 0 Å². The van der Waals surface area contributed by atoms with E-state index in [1.54, 1.807) is 0 Å². The summed E-state index contributed by atoms with van der Waals surface area (Å²) >= 11 is 5.81. The van der Waals surface area contributed by atoms with E-state index >= 15 is 0 Å². The molecule has 1 aliphatic rings. The van der Waals surface area contributed by atoms with Crippen LogP contribution in [0.4, 0.5) is 0 Å². The van der Waals surface area contributed by atoms with E-state index < -0.39 is 0 Å².